The molecule has 13 nitrogen and oxygen atoms in total. The lowest BCUT2D eigenvalue weighted by Crippen LogP contribution is -2.43. The number of carbonyl (C=O) groups excluding carboxylic acids is 7. The zero-order chi connectivity index (χ0) is 83.9. The molecule has 119 heavy (non-hydrogen) atoms. The average Bonchev–Trinajstić information content (AvgIpc) is 0.956. The molecule has 0 fully saturated rings. The van der Waals surface area contributed by atoms with Gasteiger partial charge in [0, 0.05) is 104 Å². The number of pyridine rings is 2. The van der Waals surface area contributed by atoms with Crippen molar-refractivity contribution in [2.45, 2.75) is 305 Å². The molecule has 630 valence electrons. The van der Waals surface area contributed by atoms with E-state index >= 15 is 19.2 Å². The predicted molar refractivity (Wildman–Crippen MR) is 496 cm³/mol. The summed E-state index contributed by atoms with van der Waals surface area (Å²) in [5, 5.41) is 12.6. The van der Waals surface area contributed by atoms with Crippen molar-refractivity contribution >= 4 is 145 Å². The van der Waals surface area contributed by atoms with Crippen molar-refractivity contribution in [1.29, 1.82) is 0 Å². The number of fused-ring (bicyclic) bond motifs is 4. The van der Waals surface area contributed by atoms with Crippen LogP contribution < -0.4 is 5.56 Å². The molecule has 2 atom stereocenters. The van der Waals surface area contributed by atoms with E-state index in [1.54, 1.807) is 38.7 Å². The molecule has 8 aromatic carbocycles. The Labute approximate surface area is 713 Å². The number of H-pyrrole nitrogens is 1. The molecule has 0 radical (unpaired) electrons. The van der Waals surface area contributed by atoms with Crippen LogP contribution in [0.1, 0.15) is 352 Å². The molecular weight excluding hydrogens is 1510 g/mol. The second-order valence-electron chi connectivity index (χ2n) is 34.5. The molecule has 2 aliphatic rings. The number of ether oxygens (including phenoxy) is 1. The number of aromatic nitrogens is 2. The summed E-state index contributed by atoms with van der Waals surface area (Å²) in [4.78, 5) is 119. The molecular formula is C104H128N4O9S2. The number of unbranched alkanes of at least 4 members (excludes halogenated alkanes) is 32. The van der Waals surface area contributed by atoms with Crippen LogP contribution in [0.4, 0.5) is 0 Å². The van der Waals surface area contributed by atoms with E-state index in [2.05, 4.69) is 89.0 Å². The van der Waals surface area contributed by atoms with Crippen molar-refractivity contribution in [3.05, 3.63) is 157 Å². The minimum atomic E-state index is -0.366. The number of esters is 1. The van der Waals surface area contributed by atoms with E-state index in [1.807, 2.05) is 61.5 Å². The fraction of sp³-hybridized carbons (Fsp3) is 0.500. The number of nitrogens with one attached hydrogen (secondary N) is 1. The van der Waals surface area contributed by atoms with Gasteiger partial charge >= 0.3 is 12.1 Å². The van der Waals surface area contributed by atoms with Crippen LogP contribution in [0.25, 0.3) is 107 Å². The van der Waals surface area contributed by atoms with E-state index in [0.29, 0.717) is 62.8 Å². The number of methoxy groups -OCH3 is 1. The number of hydrogen-bond acceptors (Lipinski definition) is 12. The Balaban J connectivity index is 0.000000372. The SMILES string of the molecule is CCCCCCCCCCCCC(CCCCCCCCCC)CN1C(=O)c2ccc3c4c(C)cc5c6c(cnc(c7c(-c8ccc(-c9ccc(C)s9)s8)cc(c2c37)C1=O)c64)C(=O)N(CC(CCCCCCCCCC)CCCCCCCCCCCC)C5=O.COC(=O)c1ccc2c3cccc4c(C)c(=O)[nH]c(c5cccc1c25)c43.O=C=O. The van der Waals surface area contributed by atoms with Crippen LogP contribution in [-0.2, 0) is 14.3 Å². The number of benzene rings is 8. The van der Waals surface area contributed by atoms with Gasteiger partial charge in [-0.1, -0.05) is 307 Å². The van der Waals surface area contributed by atoms with Crippen LogP contribution in [0.3, 0.4) is 0 Å². The van der Waals surface area contributed by atoms with E-state index in [9.17, 15) is 9.59 Å². The highest BCUT2D eigenvalue weighted by atomic mass is 32.1. The highest BCUT2D eigenvalue weighted by Crippen LogP contribution is 2.52. The summed E-state index contributed by atoms with van der Waals surface area (Å²) in [5.74, 6) is -0.767. The number of aryl methyl sites for hydroxylation is 3. The number of rotatable bonds is 47. The largest absolute Gasteiger partial charge is 0.465 e. The van der Waals surface area contributed by atoms with Crippen molar-refractivity contribution in [2.24, 2.45) is 11.8 Å². The Bertz CT molecular complexity index is 5560. The minimum Gasteiger partial charge on any atom is -0.465 e. The molecule has 0 bridgehead atoms. The quantitative estimate of drug-likeness (QED) is 0.0127. The molecule has 0 saturated heterocycles. The van der Waals surface area contributed by atoms with Crippen molar-refractivity contribution < 1.29 is 38.3 Å². The summed E-state index contributed by atoms with van der Waals surface area (Å²) in [6.45, 7) is 16.0. The Hall–Kier alpha value is -9.01. The number of amides is 4. The summed E-state index contributed by atoms with van der Waals surface area (Å²) in [6.07, 6.45) is 51.8. The first kappa shape index (κ1) is 89.3. The van der Waals surface area contributed by atoms with Crippen LogP contribution >= 0.6 is 22.7 Å². The van der Waals surface area contributed by atoms with Gasteiger partial charge in [0.1, 0.15) is 0 Å². The van der Waals surface area contributed by atoms with Crippen LogP contribution in [0.15, 0.2) is 108 Å². The van der Waals surface area contributed by atoms with Gasteiger partial charge in [-0.05, 0) is 150 Å². The fourth-order valence-electron chi connectivity index (χ4n) is 19.5. The highest BCUT2D eigenvalue weighted by Gasteiger charge is 2.40. The maximum atomic E-state index is 15.6. The molecule has 0 saturated carbocycles. The number of carbonyl (C=O) groups is 5. The molecule has 0 spiro atoms. The Morgan fingerprint density at radius 2 is 0.815 bits per heavy atom. The second kappa shape index (κ2) is 44.0. The molecule has 6 heterocycles. The van der Waals surface area contributed by atoms with Crippen molar-refractivity contribution in [3.63, 3.8) is 0 Å². The predicted octanol–water partition coefficient (Wildman–Crippen LogP) is 29.3. The maximum absolute atomic E-state index is 15.6. The third-order valence-corrected chi connectivity index (χ3v) is 28.3. The minimum absolute atomic E-state index is 0.0887. The lowest BCUT2D eigenvalue weighted by molar-refractivity contribution is -0.191. The van der Waals surface area contributed by atoms with Gasteiger partial charge in [-0.3, -0.25) is 38.8 Å². The van der Waals surface area contributed by atoms with E-state index in [0.717, 1.165) is 142 Å². The number of hydrogen-bond donors (Lipinski definition) is 1. The first-order valence-electron chi connectivity index (χ1n) is 45.9. The summed E-state index contributed by atoms with van der Waals surface area (Å²) in [5.41, 5.74) is 6.67. The maximum Gasteiger partial charge on any atom is 0.373 e. The Morgan fingerprint density at radius 3 is 1.32 bits per heavy atom. The van der Waals surface area contributed by atoms with Gasteiger partial charge in [0.2, 0.25) is 0 Å². The molecule has 0 aliphatic carbocycles. The third-order valence-electron chi connectivity index (χ3n) is 25.9. The summed E-state index contributed by atoms with van der Waals surface area (Å²) < 4.78 is 4.94. The van der Waals surface area contributed by atoms with Gasteiger partial charge in [-0.2, -0.15) is 9.59 Å². The van der Waals surface area contributed by atoms with Crippen LogP contribution in [-0.4, -0.2) is 75.7 Å². The lowest BCUT2D eigenvalue weighted by atomic mass is 9.80. The normalized spacial score (nSPS) is 13.3. The molecule has 2 aliphatic heterocycles. The number of thiophene rings is 2. The van der Waals surface area contributed by atoms with Gasteiger partial charge in [0.15, 0.2) is 0 Å². The molecule has 12 aromatic rings. The summed E-state index contributed by atoms with van der Waals surface area (Å²) >= 11 is 3.50. The topological polar surface area (TPSA) is 181 Å². The van der Waals surface area contributed by atoms with Crippen LogP contribution in [0.5, 0.6) is 0 Å². The Morgan fingerprint density at radius 1 is 0.395 bits per heavy atom. The average molecular weight is 1640 g/mol. The van der Waals surface area contributed by atoms with Gasteiger partial charge in [0.05, 0.1) is 29.3 Å². The first-order valence-corrected chi connectivity index (χ1v) is 47.6. The van der Waals surface area contributed by atoms with Gasteiger partial charge in [-0.15, -0.1) is 22.7 Å². The number of nitrogens with zero attached hydrogens (tertiary/aromatic N) is 3. The fourth-order valence-corrected chi connectivity index (χ4v) is 21.5. The number of imide groups is 2. The highest BCUT2D eigenvalue weighted by molar-refractivity contribution is 7.24. The zero-order valence-corrected chi connectivity index (χ0v) is 74.1. The monoisotopic (exact) mass is 1640 g/mol. The molecule has 4 aromatic heterocycles. The Kier molecular flexibility index (Phi) is 33.0. The smallest absolute Gasteiger partial charge is 0.373 e. The summed E-state index contributed by atoms with van der Waals surface area (Å²) in [6, 6.07) is 32.5. The molecule has 15 heteroatoms. The molecule has 1 N–H and O–H groups in total. The standard InChI is InChI=1S/C81H113N3O4S2.C22H15NO3.CO2/c1-7-11-15-19-23-27-29-33-37-41-44-60(43-39-35-31-25-21-17-13-9-3)56-83-78(85)63-49-48-62-71-58(5)53-65-73-67(81(88)84(79(65)86)57-61(45-40-36-32-26-22-18-14-10-4)46-42-38-34-30-28-24-20-16-12-8-2)55-82-77(76(71)73)75-64(54-66(80(83)87)72(63)74(62)75)68-51-52-70(90-68)69-50-47-59(6)89-69;1-11-12-5-3-6-13-15-9-10-16(22(25)26-2)14-7-4-8-17(18(14)15)20(19(12)13)23-21(11)24;2-1-3/h47-55,60-61H,7-46,56-57H2,1-6H3;3-10H,1-2H3,(H,23,24);. The molecule has 14 rings (SSSR count). The van der Waals surface area contributed by atoms with Gasteiger partial charge in [0.25, 0.3) is 29.2 Å². The lowest BCUT2D eigenvalue weighted by Gasteiger charge is -2.33. The zero-order valence-electron chi connectivity index (χ0n) is 72.5. The van der Waals surface area contributed by atoms with Gasteiger partial charge < -0.3 is 9.72 Å². The van der Waals surface area contributed by atoms with E-state index in [1.165, 1.54) is 222 Å². The molecule has 2 unspecified atom stereocenters. The van der Waals surface area contributed by atoms with Crippen LogP contribution in [0, 0.1) is 32.6 Å². The van der Waals surface area contributed by atoms with Gasteiger partial charge in [-0.25, -0.2) is 4.79 Å². The van der Waals surface area contributed by atoms with E-state index in [-0.39, 0.29) is 53.1 Å². The van der Waals surface area contributed by atoms with E-state index < -0.39 is 0 Å². The van der Waals surface area contributed by atoms with Crippen LogP contribution in [0.2, 0.25) is 0 Å². The third kappa shape index (κ3) is 20.6. The van der Waals surface area contributed by atoms with Crippen molar-refractivity contribution in [1.82, 2.24) is 19.8 Å². The first-order chi connectivity index (χ1) is 58.1. The van der Waals surface area contributed by atoms with Crippen molar-refractivity contribution in [2.75, 3.05) is 20.2 Å². The second-order valence-corrected chi connectivity index (χ2v) is 36.9. The number of aromatic amines is 1. The van der Waals surface area contributed by atoms with Crippen molar-refractivity contribution in [3.8, 4) is 20.2 Å². The van der Waals surface area contributed by atoms with E-state index in [4.69, 9.17) is 19.3 Å². The molecule has 4 amide bonds. The summed E-state index contributed by atoms with van der Waals surface area (Å²) in [7, 11) is 1.38.